The molecule has 1 aliphatic heterocycles. The molecule has 0 spiro atoms. The molecule has 0 aromatic carbocycles. The van der Waals surface area contributed by atoms with Gasteiger partial charge in [-0.25, -0.2) is 0 Å². The first-order valence-electron chi connectivity index (χ1n) is 7.29. The van der Waals surface area contributed by atoms with Crippen molar-refractivity contribution < 1.29 is 0 Å². The molecule has 2 rings (SSSR count). The van der Waals surface area contributed by atoms with Crippen molar-refractivity contribution >= 4 is 11.3 Å². The van der Waals surface area contributed by atoms with Gasteiger partial charge in [-0.2, -0.15) is 0 Å². The van der Waals surface area contributed by atoms with Crippen LogP contribution in [0.3, 0.4) is 0 Å². The first kappa shape index (κ1) is 14.0. The lowest BCUT2D eigenvalue weighted by Crippen LogP contribution is -2.46. The third kappa shape index (κ3) is 3.14. The minimum atomic E-state index is 0.627. The molecule has 1 aliphatic rings. The third-order valence-corrected chi connectivity index (χ3v) is 5.35. The predicted molar refractivity (Wildman–Crippen MR) is 80.3 cm³/mol. The fraction of sp³-hybridized carbons (Fsp3) is 0.733. The van der Waals surface area contributed by atoms with Gasteiger partial charge < -0.3 is 5.32 Å². The second-order valence-electron chi connectivity index (χ2n) is 5.27. The van der Waals surface area contributed by atoms with Crippen LogP contribution in [0.5, 0.6) is 0 Å². The monoisotopic (exact) mass is 266 g/mol. The Morgan fingerprint density at radius 3 is 2.56 bits per heavy atom. The van der Waals surface area contributed by atoms with E-state index in [9.17, 15) is 0 Å². The Morgan fingerprint density at radius 1 is 1.28 bits per heavy atom. The number of thiophene rings is 1. The van der Waals surface area contributed by atoms with Crippen molar-refractivity contribution in [2.75, 3.05) is 26.2 Å². The molecule has 1 N–H and O–H groups in total. The Labute approximate surface area is 115 Å². The van der Waals surface area contributed by atoms with Crippen LogP contribution >= 0.6 is 11.3 Å². The summed E-state index contributed by atoms with van der Waals surface area (Å²) in [5.41, 5.74) is 0. The van der Waals surface area contributed by atoms with E-state index < -0.39 is 0 Å². The average Bonchev–Trinajstić information content (AvgIpc) is 2.88. The molecular formula is C15H26N2S. The molecule has 1 saturated heterocycles. The van der Waals surface area contributed by atoms with E-state index in [0.29, 0.717) is 6.04 Å². The molecule has 2 nitrogen and oxygen atoms in total. The number of hydrogen-bond acceptors (Lipinski definition) is 3. The Kier molecular flexibility index (Phi) is 5.22. The lowest BCUT2D eigenvalue weighted by Gasteiger charge is -2.37. The topological polar surface area (TPSA) is 15.3 Å². The summed E-state index contributed by atoms with van der Waals surface area (Å²) in [7, 11) is 0. The third-order valence-electron chi connectivity index (χ3n) is 4.05. The van der Waals surface area contributed by atoms with Crippen molar-refractivity contribution in [3.63, 3.8) is 0 Å². The van der Waals surface area contributed by atoms with Crippen LogP contribution in [0.4, 0.5) is 0 Å². The largest absolute Gasteiger partial charge is 0.314 e. The fourth-order valence-corrected chi connectivity index (χ4v) is 3.97. The Bertz CT molecular complexity index is 355. The summed E-state index contributed by atoms with van der Waals surface area (Å²) in [5, 5.41) is 3.46. The molecule has 0 aliphatic carbocycles. The van der Waals surface area contributed by atoms with Gasteiger partial charge in [0.25, 0.3) is 0 Å². The standard InChI is InChI=1S/C15H26N2S/c1-4-12(3)15(17-10-8-16-9-11-17)14-7-6-13(5-2)18-14/h6-7,12,15-16H,4-5,8-11H2,1-3H3/t12?,15-/m0/s1. The summed E-state index contributed by atoms with van der Waals surface area (Å²) in [5.74, 6) is 0.742. The van der Waals surface area contributed by atoms with Gasteiger partial charge in [0.1, 0.15) is 0 Å². The van der Waals surface area contributed by atoms with Gasteiger partial charge in [0.2, 0.25) is 0 Å². The highest BCUT2D eigenvalue weighted by molar-refractivity contribution is 7.12. The normalized spacial score (nSPS) is 20.8. The molecule has 2 atom stereocenters. The zero-order chi connectivity index (χ0) is 13.0. The molecule has 0 radical (unpaired) electrons. The van der Waals surface area contributed by atoms with E-state index in [-0.39, 0.29) is 0 Å². The van der Waals surface area contributed by atoms with Crippen molar-refractivity contribution in [2.24, 2.45) is 5.92 Å². The Balaban J connectivity index is 2.17. The number of hydrogen-bond donors (Lipinski definition) is 1. The van der Waals surface area contributed by atoms with E-state index in [1.54, 1.807) is 4.88 Å². The summed E-state index contributed by atoms with van der Waals surface area (Å²) in [4.78, 5) is 5.77. The maximum atomic E-state index is 3.46. The van der Waals surface area contributed by atoms with Crippen molar-refractivity contribution in [3.05, 3.63) is 21.9 Å². The number of nitrogens with one attached hydrogen (secondary N) is 1. The minimum Gasteiger partial charge on any atom is -0.314 e. The summed E-state index contributed by atoms with van der Waals surface area (Å²) < 4.78 is 0. The van der Waals surface area contributed by atoms with E-state index in [2.05, 4.69) is 43.1 Å². The van der Waals surface area contributed by atoms with Gasteiger partial charge in [0, 0.05) is 42.0 Å². The molecule has 102 valence electrons. The minimum absolute atomic E-state index is 0.627. The molecule has 3 heteroatoms. The van der Waals surface area contributed by atoms with E-state index in [1.165, 1.54) is 30.8 Å². The van der Waals surface area contributed by atoms with Crippen LogP contribution in [0.25, 0.3) is 0 Å². The molecule has 0 amide bonds. The van der Waals surface area contributed by atoms with E-state index in [4.69, 9.17) is 0 Å². The highest BCUT2D eigenvalue weighted by atomic mass is 32.1. The number of nitrogens with zero attached hydrogens (tertiary/aromatic N) is 1. The van der Waals surface area contributed by atoms with E-state index in [1.807, 2.05) is 11.3 Å². The predicted octanol–water partition coefficient (Wildman–Crippen LogP) is 3.30. The number of piperazine rings is 1. The number of rotatable bonds is 5. The van der Waals surface area contributed by atoms with Gasteiger partial charge >= 0.3 is 0 Å². The van der Waals surface area contributed by atoms with E-state index in [0.717, 1.165) is 19.0 Å². The van der Waals surface area contributed by atoms with Gasteiger partial charge in [0.05, 0.1) is 0 Å². The van der Waals surface area contributed by atoms with Crippen LogP contribution in [0, 0.1) is 5.92 Å². The molecule has 1 unspecified atom stereocenters. The highest BCUT2D eigenvalue weighted by Crippen LogP contribution is 2.35. The van der Waals surface area contributed by atoms with Crippen molar-refractivity contribution in [3.8, 4) is 0 Å². The second-order valence-corrected chi connectivity index (χ2v) is 6.47. The SMILES string of the molecule is CCc1ccc([C@H](C(C)CC)N2CCNCC2)s1. The van der Waals surface area contributed by atoms with Crippen molar-refractivity contribution in [1.29, 1.82) is 0 Å². The lowest BCUT2D eigenvalue weighted by molar-refractivity contribution is 0.131. The van der Waals surface area contributed by atoms with Gasteiger partial charge in [-0.1, -0.05) is 27.2 Å². The first-order valence-corrected chi connectivity index (χ1v) is 8.11. The van der Waals surface area contributed by atoms with Crippen LogP contribution in [0.1, 0.15) is 43.0 Å². The molecule has 18 heavy (non-hydrogen) atoms. The smallest absolute Gasteiger partial charge is 0.0468 e. The maximum absolute atomic E-state index is 3.46. The molecular weight excluding hydrogens is 240 g/mol. The Morgan fingerprint density at radius 2 is 2.00 bits per heavy atom. The molecule has 2 heterocycles. The number of aryl methyl sites for hydroxylation is 1. The molecule has 0 bridgehead atoms. The van der Waals surface area contributed by atoms with Crippen LogP contribution in [0.2, 0.25) is 0 Å². The van der Waals surface area contributed by atoms with Gasteiger partial charge in [-0.05, 0) is 24.5 Å². The molecule has 0 saturated carbocycles. The lowest BCUT2D eigenvalue weighted by atomic mass is 9.95. The molecule has 1 fully saturated rings. The Hall–Kier alpha value is -0.380. The summed E-state index contributed by atoms with van der Waals surface area (Å²) >= 11 is 2.02. The van der Waals surface area contributed by atoms with Gasteiger partial charge in [-0.3, -0.25) is 4.90 Å². The highest BCUT2D eigenvalue weighted by Gasteiger charge is 2.27. The van der Waals surface area contributed by atoms with Crippen LogP contribution < -0.4 is 5.32 Å². The maximum Gasteiger partial charge on any atom is 0.0468 e. The van der Waals surface area contributed by atoms with Crippen LogP contribution in [0.15, 0.2) is 12.1 Å². The zero-order valence-electron chi connectivity index (χ0n) is 11.9. The fourth-order valence-electron chi connectivity index (χ4n) is 2.75. The van der Waals surface area contributed by atoms with Crippen LogP contribution in [-0.2, 0) is 6.42 Å². The zero-order valence-corrected chi connectivity index (χ0v) is 12.7. The molecule has 1 aromatic rings. The van der Waals surface area contributed by atoms with Crippen molar-refractivity contribution in [1.82, 2.24) is 10.2 Å². The summed E-state index contributed by atoms with van der Waals surface area (Å²) in [6.07, 6.45) is 2.42. The summed E-state index contributed by atoms with van der Waals surface area (Å²) in [6.45, 7) is 11.6. The first-order chi connectivity index (χ1) is 8.76. The van der Waals surface area contributed by atoms with Gasteiger partial charge in [-0.15, -0.1) is 11.3 Å². The summed E-state index contributed by atoms with van der Waals surface area (Å²) in [6, 6.07) is 5.31. The average molecular weight is 266 g/mol. The molecule has 1 aromatic heterocycles. The second kappa shape index (κ2) is 6.69. The quantitative estimate of drug-likeness (QED) is 0.879. The van der Waals surface area contributed by atoms with Gasteiger partial charge in [0.15, 0.2) is 0 Å². The van der Waals surface area contributed by atoms with Crippen molar-refractivity contribution in [2.45, 2.75) is 39.7 Å². The van der Waals surface area contributed by atoms with Crippen LogP contribution in [-0.4, -0.2) is 31.1 Å². The van der Waals surface area contributed by atoms with E-state index >= 15 is 0 Å².